The van der Waals surface area contributed by atoms with Crippen molar-refractivity contribution in [2.45, 2.75) is 23.7 Å². The van der Waals surface area contributed by atoms with Gasteiger partial charge in [0.1, 0.15) is 4.90 Å². The van der Waals surface area contributed by atoms with E-state index in [1.54, 1.807) is 0 Å². The van der Waals surface area contributed by atoms with E-state index in [0.717, 1.165) is 25.2 Å². The van der Waals surface area contributed by atoms with Gasteiger partial charge in [0, 0.05) is 17.7 Å². The van der Waals surface area contributed by atoms with Crippen molar-refractivity contribution in [2.24, 2.45) is 0 Å². The Bertz CT molecular complexity index is 871. The summed E-state index contributed by atoms with van der Waals surface area (Å²) in [5.74, 6) is -1.24. The zero-order valence-corrected chi connectivity index (χ0v) is 13.0. The lowest BCUT2D eigenvalue weighted by atomic mass is 10.0. The molecule has 8 heteroatoms. The van der Waals surface area contributed by atoms with Crippen LogP contribution in [-0.4, -0.2) is 25.6 Å². The van der Waals surface area contributed by atoms with E-state index in [2.05, 4.69) is 5.16 Å². The van der Waals surface area contributed by atoms with Gasteiger partial charge in [-0.15, -0.1) is 0 Å². The predicted octanol–water partition coefficient (Wildman–Crippen LogP) is 2.98. The summed E-state index contributed by atoms with van der Waals surface area (Å²) in [5, 5.41) is 3.24. The third kappa shape index (κ3) is 2.55. The number of carbonyl (C=O) groups excluding carboxylic acids is 1. The van der Waals surface area contributed by atoms with Gasteiger partial charge in [0.2, 0.25) is 0 Å². The fourth-order valence-electron chi connectivity index (χ4n) is 2.28. The lowest BCUT2D eigenvalue weighted by Crippen LogP contribution is -2.12. The molecular formula is C14H11ClFNO4S. The summed E-state index contributed by atoms with van der Waals surface area (Å²) >= 11 is 5.63. The van der Waals surface area contributed by atoms with Gasteiger partial charge in [0.15, 0.2) is 27.2 Å². The van der Waals surface area contributed by atoms with Gasteiger partial charge in [0.05, 0.1) is 16.8 Å². The summed E-state index contributed by atoms with van der Waals surface area (Å²) in [7, 11) is -3.97. The molecule has 1 aromatic heterocycles. The zero-order chi connectivity index (χ0) is 16.1. The van der Waals surface area contributed by atoms with E-state index in [9.17, 15) is 17.6 Å². The first-order chi connectivity index (χ1) is 10.3. The number of hydrogen-bond donors (Lipinski definition) is 0. The third-order valence-corrected chi connectivity index (χ3v) is 4.89. The Morgan fingerprint density at radius 1 is 1.36 bits per heavy atom. The summed E-state index contributed by atoms with van der Waals surface area (Å²) in [4.78, 5) is 11.9. The highest BCUT2D eigenvalue weighted by Gasteiger charge is 2.34. The van der Waals surface area contributed by atoms with Crippen LogP contribution >= 0.6 is 11.6 Å². The molecule has 0 atom stereocenters. The molecule has 1 aromatic carbocycles. The molecule has 0 N–H and O–H groups in total. The number of benzene rings is 1. The third-order valence-electron chi connectivity index (χ3n) is 3.46. The highest BCUT2D eigenvalue weighted by Crippen LogP contribution is 2.42. The van der Waals surface area contributed by atoms with Crippen molar-refractivity contribution in [3.8, 4) is 0 Å². The average Bonchev–Trinajstić information content (AvgIpc) is 3.17. The topological polar surface area (TPSA) is 77.2 Å². The molecule has 0 spiro atoms. The molecule has 1 heterocycles. The minimum absolute atomic E-state index is 0.111. The van der Waals surface area contributed by atoms with Crippen LogP contribution in [0.1, 0.15) is 40.4 Å². The molecule has 0 unspecified atom stereocenters. The minimum atomic E-state index is -3.97. The fourth-order valence-corrected chi connectivity index (χ4v) is 3.49. The number of nitrogens with zero attached hydrogens (tertiary/aromatic N) is 1. The zero-order valence-electron chi connectivity index (χ0n) is 11.5. The number of carbonyl (C=O) groups is 1. The smallest absolute Gasteiger partial charge is 0.199 e. The lowest BCUT2D eigenvalue weighted by Gasteiger charge is -2.09. The summed E-state index contributed by atoms with van der Waals surface area (Å²) < 4.78 is 42.9. The number of halogens is 2. The van der Waals surface area contributed by atoms with Crippen LogP contribution < -0.4 is 0 Å². The Kier molecular flexibility index (Phi) is 3.57. The van der Waals surface area contributed by atoms with Crippen LogP contribution in [0.15, 0.2) is 27.7 Å². The maximum absolute atomic E-state index is 14.1. The van der Waals surface area contributed by atoms with Gasteiger partial charge in [-0.1, -0.05) is 16.8 Å². The molecule has 1 saturated carbocycles. The second-order valence-electron chi connectivity index (χ2n) is 5.22. The molecule has 0 aliphatic heterocycles. The Morgan fingerprint density at radius 3 is 2.64 bits per heavy atom. The van der Waals surface area contributed by atoms with E-state index < -0.39 is 26.3 Å². The summed E-state index contributed by atoms with van der Waals surface area (Å²) in [6, 6.07) is 2.36. The van der Waals surface area contributed by atoms with Crippen molar-refractivity contribution in [3.05, 3.63) is 46.1 Å². The van der Waals surface area contributed by atoms with Gasteiger partial charge < -0.3 is 4.52 Å². The number of aromatic nitrogens is 1. The molecule has 116 valence electrons. The summed E-state index contributed by atoms with van der Waals surface area (Å²) in [6.07, 6.45) is 3.81. The van der Waals surface area contributed by atoms with E-state index in [1.165, 1.54) is 12.3 Å². The largest absolute Gasteiger partial charge is 0.360 e. The van der Waals surface area contributed by atoms with E-state index in [-0.39, 0.29) is 22.1 Å². The molecule has 0 bridgehead atoms. The van der Waals surface area contributed by atoms with Gasteiger partial charge in [-0.05, 0) is 25.0 Å². The number of hydrogen-bond acceptors (Lipinski definition) is 5. The van der Waals surface area contributed by atoms with E-state index >= 15 is 0 Å². The lowest BCUT2D eigenvalue weighted by molar-refractivity contribution is 0.103. The first kappa shape index (κ1) is 15.2. The molecule has 1 aliphatic rings. The first-order valence-electron chi connectivity index (χ1n) is 6.48. The summed E-state index contributed by atoms with van der Waals surface area (Å²) in [5.41, 5.74) is -0.108. The van der Waals surface area contributed by atoms with Gasteiger partial charge in [-0.25, -0.2) is 12.8 Å². The molecule has 2 aromatic rings. The Hall–Kier alpha value is -1.73. The highest BCUT2D eigenvalue weighted by atomic mass is 35.5. The maximum Gasteiger partial charge on any atom is 0.199 e. The molecule has 0 radical (unpaired) electrons. The van der Waals surface area contributed by atoms with Crippen molar-refractivity contribution in [3.63, 3.8) is 0 Å². The number of ketones is 1. The monoisotopic (exact) mass is 343 g/mol. The van der Waals surface area contributed by atoms with Gasteiger partial charge in [-0.2, -0.15) is 0 Å². The molecular weight excluding hydrogens is 333 g/mol. The predicted molar refractivity (Wildman–Crippen MR) is 76.4 cm³/mol. The summed E-state index contributed by atoms with van der Waals surface area (Å²) in [6.45, 7) is 0. The normalized spacial score (nSPS) is 15.0. The second-order valence-corrected chi connectivity index (χ2v) is 7.58. The molecule has 0 saturated heterocycles. The Morgan fingerprint density at radius 2 is 2.05 bits per heavy atom. The average molecular weight is 344 g/mol. The maximum atomic E-state index is 14.1. The van der Waals surface area contributed by atoms with E-state index in [1.807, 2.05) is 0 Å². The van der Waals surface area contributed by atoms with Crippen molar-refractivity contribution in [2.75, 3.05) is 6.26 Å². The SMILES string of the molecule is CS(=O)(=O)c1c(C(=O)c2cnoc2C2CC2)ccc(Cl)c1F. The van der Waals surface area contributed by atoms with Crippen LogP contribution in [-0.2, 0) is 9.84 Å². The Balaban J connectivity index is 2.18. The number of rotatable bonds is 4. The van der Waals surface area contributed by atoms with Crippen LogP contribution in [0.25, 0.3) is 0 Å². The number of sulfone groups is 1. The van der Waals surface area contributed by atoms with Crippen LogP contribution in [0, 0.1) is 5.82 Å². The standard InChI is InChI=1S/C14H11ClFNO4S/c1-22(19,20)14-8(4-5-10(15)11(14)16)12(18)9-6-17-21-13(9)7-2-3-7/h4-7H,2-3H2,1H3. The van der Waals surface area contributed by atoms with Crippen LogP contribution in [0.4, 0.5) is 4.39 Å². The van der Waals surface area contributed by atoms with Gasteiger partial charge in [0.25, 0.3) is 0 Å². The van der Waals surface area contributed by atoms with E-state index in [0.29, 0.717) is 5.76 Å². The second kappa shape index (κ2) is 5.17. The van der Waals surface area contributed by atoms with Crippen molar-refractivity contribution in [1.29, 1.82) is 0 Å². The molecule has 22 heavy (non-hydrogen) atoms. The fraction of sp³-hybridized carbons (Fsp3) is 0.286. The quantitative estimate of drug-likeness (QED) is 0.797. The van der Waals surface area contributed by atoms with Crippen LogP contribution in [0.2, 0.25) is 5.02 Å². The molecule has 5 nitrogen and oxygen atoms in total. The Labute approximate surface area is 131 Å². The molecule has 1 fully saturated rings. The molecule has 3 rings (SSSR count). The molecule has 0 amide bonds. The highest BCUT2D eigenvalue weighted by molar-refractivity contribution is 7.90. The van der Waals surface area contributed by atoms with E-state index in [4.69, 9.17) is 16.1 Å². The van der Waals surface area contributed by atoms with Crippen molar-refractivity contribution in [1.82, 2.24) is 5.16 Å². The van der Waals surface area contributed by atoms with Crippen LogP contribution in [0.3, 0.4) is 0 Å². The van der Waals surface area contributed by atoms with Gasteiger partial charge >= 0.3 is 0 Å². The molecule has 1 aliphatic carbocycles. The first-order valence-corrected chi connectivity index (χ1v) is 8.75. The van der Waals surface area contributed by atoms with Crippen molar-refractivity contribution < 1.29 is 22.1 Å². The van der Waals surface area contributed by atoms with Gasteiger partial charge in [-0.3, -0.25) is 4.79 Å². The van der Waals surface area contributed by atoms with Crippen molar-refractivity contribution >= 4 is 27.2 Å². The minimum Gasteiger partial charge on any atom is -0.360 e. The van der Waals surface area contributed by atoms with Crippen LogP contribution in [0.5, 0.6) is 0 Å².